The maximum atomic E-state index is 12.3. The Kier molecular flexibility index (Phi) is 5.10. The molecule has 1 heterocycles. The Balaban J connectivity index is 2.04. The Hall–Kier alpha value is -2.26. The van der Waals surface area contributed by atoms with Crippen LogP contribution >= 0.6 is 23.3 Å². The van der Waals surface area contributed by atoms with E-state index in [1.54, 1.807) is 32.4 Å². The summed E-state index contributed by atoms with van der Waals surface area (Å²) in [6.45, 7) is 0. The number of hydrogen-bond donors (Lipinski definition) is 0. The molecule has 4 nitrogen and oxygen atoms in total. The van der Waals surface area contributed by atoms with Crippen LogP contribution in [0.1, 0.15) is 0 Å². The van der Waals surface area contributed by atoms with Gasteiger partial charge in [0.25, 0.3) is 5.24 Å². The van der Waals surface area contributed by atoms with Gasteiger partial charge in [-0.25, -0.2) is 0 Å². The minimum Gasteiger partial charge on any atom is -0.406 e. The van der Waals surface area contributed by atoms with Crippen LogP contribution in [0.2, 0.25) is 0 Å². The van der Waals surface area contributed by atoms with Crippen molar-refractivity contribution in [2.75, 3.05) is 14.1 Å². The molecule has 3 rings (SSSR count). The Bertz CT molecular complexity index is 937. The number of rotatable bonds is 3. The number of carbonyl (C=O) groups excluding carboxylic acids is 1. The standard InChI is InChI=1S/C17H13F3N2O2S2/c1-22(2)16(23)25-13-8-5-11-9-21-26-15(11)14(13)10-3-6-12(7-4-10)24-17(18,19)20/h3-9H,1-2H3. The number of thioether (sulfide) groups is 1. The number of nitrogens with zero attached hydrogens (tertiary/aromatic N) is 2. The van der Waals surface area contributed by atoms with E-state index in [2.05, 4.69) is 9.11 Å². The van der Waals surface area contributed by atoms with Gasteiger partial charge in [0, 0.05) is 36.1 Å². The number of carbonyl (C=O) groups is 1. The lowest BCUT2D eigenvalue weighted by atomic mass is 10.0. The molecule has 0 aliphatic carbocycles. The van der Waals surface area contributed by atoms with Crippen molar-refractivity contribution in [1.29, 1.82) is 0 Å². The van der Waals surface area contributed by atoms with Crippen molar-refractivity contribution in [1.82, 2.24) is 9.27 Å². The Morgan fingerprint density at radius 3 is 2.46 bits per heavy atom. The number of alkyl halides is 3. The quantitative estimate of drug-likeness (QED) is 0.536. The lowest BCUT2D eigenvalue weighted by Gasteiger charge is -2.14. The molecule has 0 bridgehead atoms. The second kappa shape index (κ2) is 7.16. The molecule has 9 heteroatoms. The molecule has 0 radical (unpaired) electrons. The number of hydrogen-bond acceptors (Lipinski definition) is 5. The molecule has 26 heavy (non-hydrogen) atoms. The van der Waals surface area contributed by atoms with Gasteiger partial charge in [-0.2, -0.15) is 4.37 Å². The Labute approximate surface area is 155 Å². The zero-order chi connectivity index (χ0) is 18.9. The summed E-state index contributed by atoms with van der Waals surface area (Å²) in [4.78, 5) is 14.3. The van der Waals surface area contributed by atoms with E-state index < -0.39 is 6.36 Å². The second-order valence-electron chi connectivity index (χ2n) is 5.52. The molecule has 0 spiro atoms. The van der Waals surface area contributed by atoms with Crippen LogP contribution in [0.25, 0.3) is 21.2 Å². The number of halogens is 3. The molecule has 2 aromatic carbocycles. The number of aromatic nitrogens is 1. The first-order chi connectivity index (χ1) is 12.2. The van der Waals surface area contributed by atoms with Crippen LogP contribution in [0.5, 0.6) is 5.75 Å². The van der Waals surface area contributed by atoms with Gasteiger partial charge >= 0.3 is 6.36 Å². The third-order valence-electron chi connectivity index (χ3n) is 3.42. The molecule has 0 aliphatic rings. The van der Waals surface area contributed by atoms with E-state index in [0.717, 1.165) is 27.4 Å². The van der Waals surface area contributed by atoms with Crippen LogP contribution in [0, 0.1) is 0 Å². The van der Waals surface area contributed by atoms with E-state index in [-0.39, 0.29) is 11.0 Å². The van der Waals surface area contributed by atoms with Gasteiger partial charge in [0.2, 0.25) is 0 Å². The fraction of sp³-hybridized carbons (Fsp3) is 0.176. The van der Waals surface area contributed by atoms with Crippen molar-refractivity contribution in [3.05, 3.63) is 42.6 Å². The van der Waals surface area contributed by atoms with Crippen LogP contribution in [0.4, 0.5) is 18.0 Å². The third-order valence-corrected chi connectivity index (χ3v) is 5.36. The topological polar surface area (TPSA) is 42.4 Å². The fourth-order valence-corrected chi connectivity index (χ4v) is 3.99. The maximum Gasteiger partial charge on any atom is 0.573 e. The number of benzene rings is 2. The van der Waals surface area contributed by atoms with E-state index in [0.29, 0.717) is 10.5 Å². The van der Waals surface area contributed by atoms with E-state index in [9.17, 15) is 18.0 Å². The van der Waals surface area contributed by atoms with Crippen LogP contribution in [-0.4, -0.2) is 35.0 Å². The van der Waals surface area contributed by atoms with Gasteiger partial charge in [-0.3, -0.25) is 4.79 Å². The molecule has 0 unspecified atom stereocenters. The van der Waals surface area contributed by atoms with E-state index in [1.807, 2.05) is 12.1 Å². The van der Waals surface area contributed by atoms with Gasteiger partial charge in [0.1, 0.15) is 5.75 Å². The summed E-state index contributed by atoms with van der Waals surface area (Å²) < 4.78 is 46.0. The molecule has 3 aromatic rings. The van der Waals surface area contributed by atoms with Crippen molar-refractivity contribution in [2.24, 2.45) is 0 Å². The summed E-state index contributed by atoms with van der Waals surface area (Å²) in [6.07, 6.45) is -3.02. The van der Waals surface area contributed by atoms with Crippen LogP contribution in [0.15, 0.2) is 47.5 Å². The fourth-order valence-electron chi connectivity index (χ4n) is 2.28. The van der Waals surface area contributed by atoms with Gasteiger partial charge in [-0.05, 0) is 47.1 Å². The van der Waals surface area contributed by atoms with E-state index in [4.69, 9.17) is 0 Å². The van der Waals surface area contributed by atoms with Gasteiger partial charge in [-0.1, -0.05) is 18.2 Å². The van der Waals surface area contributed by atoms with Crippen molar-refractivity contribution in [3.63, 3.8) is 0 Å². The van der Waals surface area contributed by atoms with Crippen LogP contribution in [-0.2, 0) is 0 Å². The van der Waals surface area contributed by atoms with Crippen LogP contribution in [0.3, 0.4) is 0 Å². The predicted octanol–water partition coefficient (Wildman–Crippen LogP) is 5.64. The first kappa shape index (κ1) is 18.5. The minimum absolute atomic E-state index is 0.146. The molecular weight excluding hydrogens is 385 g/mol. The molecule has 1 amide bonds. The molecular formula is C17H13F3N2O2S2. The average Bonchev–Trinajstić information content (AvgIpc) is 3.02. The Morgan fingerprint density at radius 2 is 1.85 bits per heavy atom. The van der Waals surface area contributed by atoms with Crippen molar-refractivity contribution >= 4 is 38.6 Å². The largest absolute Gasteiger partial charge is 0.573 e. The summed E-state index contributed by atoms with van der Waals surface area (Å²) >= 11 is 2.33. The molecule has 0 N–H and O–H groups in total. The zero-order valence-electron chi connectivity index (χ0n) is 13.7. The number of fused-ring (bicyclic) bond motifs is 1. The number of amides is 1. The SMILES string of the molecule is CN(C)C(=O)Sc1ccc2cnsc2c1-c1ccc(OC(F)(F)F)cc1. The smallest absolute Gasteiger partial charge is 0.406 e. The van der Waals surface area contributed by atoms with Gasteiger partial charge in [0.15, 0.2) is 0 Å². The summed E-state index contributed by atoms with van der Waals surface area (Å²) in [6, 6.07) is 9.28. The van der Waals surface area contributed by atoms with Crippen molar-refractivity contribution in [3.8, 4) is 16.9 Å². The van der Waals surface area contributed by atoms with Gasteiger partial charge < -0.3 is 9.64 Å². The average molecular weight is 398 g/mol. The summed E-state index contributed by atoms with van der Waals surface area (Å²) in [7, 11) is 3.31. The third kappa shape index (κ3) is 4.10. The Morgan fingerprint density at radius 1 is 1.15 bits per heavy atom. The molecule has 136 valence electrons. The van der Waals surface area contributed by atoms with Gasteiger partial charge in [-0.15, -0.1) is 13.2 Å². The van der Waals surface area contributed by atoms with E-state index in [1.165, 1.54) is 28.6 Å². The summed E-state index contributed by atoms with van der Waals surface area (Å²) in [5.74, 6) is -0.295. The minimum atomic E-state index is -4.74. The van der Waals surface area contributed by atoms with Crippen LogP contribution < -0.4 is 4.74 Å². The normalized spacial score (nSPS) is 11.6. The van der Waals surface area contributed by atoms with Crippen molar-refractivity contribution < 1.29 is 22.7 Å². The highest BCUT2D eigenvalue weighted by atomic mass is 32.2. The molecule has 1 aromatic heterocycles. The maximum absolute atomic E-state index is 12.3. The summed E-state index contributed by atoms with van der Waals surface area (Å²) in [5.41, 5.74) is 1.45. The summed E-state index contributed by atoms with van der Waals surface area (Å²) in [5, 5.41) is 0.759. The van der Waals surface area contributed by atoms with Crippen molar-refractivity contribution in [2.45, 2.75) is 11.3 Å². The highest BCUT2D eigenvalue weighted by Gasteiger charge is 2.31. The lowest BCUT2D eigenvalue weighted by molar-refractivity contribution is -0.274. The predicted molar refractivity (Wildman–Crippen MR) is 96.7 cm³/mol. The number of ether oxygens (including phenoxy) is 1. The monoisotopic (exact) mass is 398 g/mol. The first-order valence-electron chi connectivity index (χ1n) is 7.37. The highest BCUT2D eigenvalue weighted by Crippen LogP contribution is 2.40. The molecule has 0 saturated heterocycles. The molecule has 0 aliphatic heterocycles. The van der Waals surface area contributed by atoms with E-state index >= 15 is 0 Å². The van der Waals surface area contributed by atoms with Gasteiger partial charge in [0.05, 0.1) is 4.70 Å². The second-order valence-corrected chi connectivity index (χ2v) is 7.31. The lowest BCUT2D eigenvalue weighted by Crippen LogP contribution is -2.17. The molecule has 0 saturated carbocycles. The highest BCUT2D eigenvalue weighted by molar-refractivity contribution is 8.13. The first-order valence-corrected chi connectivity index (χ1v) is 8.96. The zero-order valence-corrected chi connectivity index (χ0v) is 15.3. The molecule has 0 atom stereocenters. The molecule has 0 fully saturated rings.